The summed E-state index contributed by atoms with van der Waals surface area (Å²) >= 11 is 0. The first-order chi connectivity index (χ1) is 12.4. The maximum atomic E-state index is 12.6. The Hall–Kier alpha value is -2.36. The number of hydrogen-bond acceptors (Lipinski definition) is 5. The monoisotopic (exact) mass is 368 g/mol. The van der Waals surface area contributed by atoms with Crippen molar-refractivity contribution in [3.05, 3.63) is 0 Å². The largest absolute Gasteiger partial charge is 0.480 e. The number of amides is 2. The smallest absolute Gasteiger partial charge is 0.326 e. The van der Waals surface area contributed by atoms with Gasteiger partial charge in [-0.25, -0.2) is 4.79 Å². The van der Waals surface area contributed by atoms with Gasteiger partial charge in [0.1, 0.15) is 12.1 Å². The van der Waals surface area contributed by atoms with E-state index in [4.69, 9.17) is 11.5 Å². The van der Waals surface area contributed by atoms with Crippen LogP contribution in [0.15, 0.2) is 4.99 Å². The maximum Gasteiger partial charge on any atom is 0.326 e. The van der Waals surface area contributed by atoms with Crippen molar-refractivity contribution < 1.29 is 19.5 Å². The third kappa shape index (κ3) is 5.32. The van der Waals surface area contributed by atoms with Crippen molar-refractivity contribution in [3.8, 4) is 0 Å². The van der Waals surface area contributed by atoms with E-state index in [2.05, 4.69) is 15.6 Å². The summed E-state index contributed by atoms with van der Waals surface area (Å²) in [6, 6.07) is -1.87. The Balaban J connectivity index is 1.91. The molecule has 3 atom stereocenters. The lowest BCUT2D eigenvalue weighted by molar-refractivity contribution is -0.144. The minimum absolute atomic E-state index is 0.0541. The molecular formula is C16H28N6O4. The SMILES string of the molecule is NC(N)=NCCC[C@H](NC(=O)[C@@H]1CCCN1C(=O)[C@@H]1CCCN1)C(=O)O. The normalized spacial score (nSPS) is 23.5. The number of rotatable bonds is 8. The number of carboxylic acid groups (broad SMARTS) is 1. The first-order valence-electron chi connectivity index (χ1n) is 9.02. The second-order valence-corrected chi connectivity index (χ2v) is 6.69. The average molecular weight is 368 g/mol. The van der Waals surface area contributed by atoms with E-state index in [-0.39, 0.29) is 24.3 Å². The molecule has 2 amide bonds. The van der Waals surface area contributed by atoms with Gasteiger partial charge in [-0.3, -0.25) is 14.6 Å². The fraction of sp³-hybridized carbons (Fsp3) is 0.750. The predicted octanol–water partition coefficient (Wildman–Crippen LogP) is -1.65. The fourth-order valence-electron chi connectivity index (χ4n) is 3.43. The molecule has 2 aliphatic rings. The third-order valence-corrected chi connectivity index (χ3v) is 4.76. The molecule has 2 aliphatic heterocycles. The highest BCUT2D eigenvalue weighted by molar-refractivity contribution is 5.92. The van der Waals surface area contributed by atoms with E-state index >= 15 is 0 Å². The zero-order valence-electron chi connectivity index (χ0n) is 14.8. The average Bonchev–Trinajstić information content (AvgIpc) is 3.27. The number of likely N-dealkylation sites (tertiary alicyclic amines) is 1. The molecule has 0 aromatic rings. The highest BCUT2D eigenvalue weighted by Crippen LogP contribution is 2.21. The van der Waals surface area contributed by atoms with Crippen LogP contribution in [0.5, 0.6) is 0 Å². The van der Waals surface area contributed by atoms with E-state index in [9.17, 15) is 19.5 Å². The Morgan fingerprint density at radius 2 is 2.04 bits per heavy atom. The molecule has 26 heavy (non-hydrogen) atoms. The quantitative estimate of drug-likeness (QED) is 0.195. The molecule has 0 unspecified atom stereocenters. The summed E-state index contributed by atoms with van der Waals surface area (Å²) in [5, 5.41) is 15.0. The number of carboxylic acids is 1. The lowest BCUT2D eigenvalue weighted by atomic mass is 10.1. The molecule has 2 fully saturated rings. The summed E-state index contributed by atoms with van der Waals surface area (Å²) in [5.74, 6) is -1.65. The van der Waals surface area contributed by atoms with Crippen LogP contribution in [0.4, 0.5) is 0 Å². The molecule has 0 bridgehead atoms. The molecule has 10 heteroatoms. The van der Waals surface area contributed by atoms with Crippen molar-refractivity contribution >= 4 is 23.7 Å². The van der Waals surface area contributed by atoms with E-state index in [1.54, 1.807) is 4.90 Å². The molecule has 0 aromatic heterocycles. The standard InChI is InChI=1S/C16H28N6O4/c17-16(18)20-8-2-5-11(15(25)26)21-13(23)12-6-3-9-22(12)14(24)10-4-1-7-19-10/h10-12,19H,1-9H2,(H,21,23)(H,25,26)(H4,17,18,20)/t10-,11-,12-/m0/s1. The van der Waals surface area contributed by atoms with Crippen LogP contribution in [-0.4, -0.2) is 71.5 Å². The summed E-state index contributed by atoms with van der Waals surface area (Å²) in [5.41, 5.74) is 10.5. The van der Waals surface area contributed by atoms with E-state index in [0.29, 0.717) is 25.9 Å². The Bertz CT molecular complexity index is 557. The van der Waals surface area contributed by atoms with Gasteiger partial charge < -0.3 is 32.1 Å². The second-order valence-electron chi connectivity index (χ2n) is 6.69. The molecule has 2 rings (SSSR count). The highest BCUT2D eigenvalue weighted by Gasteiger charge is 2.38. The van der Waals surface area contributed by atoms with Gasteiger partial charge in [-0.05, 0) is 45.1 Å². The van der Waals surface area contributed by atoms with Gasteiger partial charge in [-0.1, -0.05) is 0 Å². The summed E-state index contributed by atoms with van der Waals surface area (Å²) in [6.07, 6.45) is 3.63. The number of hydrogen-bond donors (Lipinski definition) is 5. The molecule has 7 N–H and O–H groups in total. The molecule has 0 spiro atoms. The van der Waals surface area contributed by atoms with Crippen LogP contribution in [0, 0.1) is 0 Å². The molecule has 10 nitrogen and oxygen atoms in total. The summed E-state index contributed by atoms with van der Waals surface area (Å²) in [7, 11) is 0. The zero-order chi connectivity index (χ0) is 19.1. The maximum absolute atomic E-state index is 12.6. The molecule has 0 aliphatic carbocycles. The van der Waals surface area contributed by atoms with Crippen LogP contribution in [0.1, 0.15) is 38.5 Å². The zero-order valence-corrected chi connectivity index (χ0v) is 14.8. The number of carbonyl (C=O) groups is 3. The van der Waals surface area contributed by atoms with Crippen molar-refractivity contribution in [1.82, 2.24) is 15.5 Å². The molecule has 0 saturated carbocycles. The predicted molar refractivity (Wildman–Crippen MR) is 95.2 cm³/mol. The first-order valence-corrected chi connectivity index (χ1v) is 9.02. The molecule has 0 aromatic carbocycles. The van der Waals surface area contributed by atoms with Crippen LogP contribution in [0.3, 0.4) is 0 Å². The van der Waals surface area contributed by atoms with Crippen molar-refractivity contribution in [1.29, 1.82) is 0 Å². The van der Waals surface area contributed by atoms with Crippen LogP contribution in [0.2, 0.25) is 0 Å². The van der Waals surface area contributed by atoms with Crippen molar-refractivity contribution in [2.24, 2.45) is 16.5 Å². The number of guanidine groups is 1. The van der Waals surface area contributed by atoms with Gasteiger partial charge in [-0.2, -0.15) is 0 Å². The van der Waals surface area contributed by atoms with Gasteiger partial charge >= 0.3 is 5.97 Å². The van der Waals surface area contributed by atoms with Crippen molar-refractivity contribution in [2.45, 2.75) is 56.7 Å². The Morgan fingerprint density at radius 1 is 1.27 bits per heavy atom. The van der Waals surface area contributed by atoms with E-state index in [0.717, 1.165) is 25.8 Å². The van der Waals surface area contributed by atoms with Crippen LogP contribution < -0.4 is 22.1 Å². The Labute approximate surface area is 152 Å². The van der Waals surface area contributed by atoms with E-state index in [1.165, 1.54) is 0 Å². The lowest BCUT2D eigenvalue weighted by Crippen LogP contribution is -2.53. The number of nitrogens with two attached hydrogens (primary N) is 2. The minimum Gasteiger partial charge on any atom is -0.480 e. The first kappa shape index (κ1) is 20.0. The van der Waals surface area contributed by atoms with Gasteiger partial charge in [0.2, 0.25) is 11.8 Å². The molecule has 0 radical (unpaired) electrons. The minimum atomic E-state index is -1.11. The number of carbonyl (C=O) groups excluding carboxylic acids is 2. The number of nitrogens with zero attached hydrogens (tertiary/aromatic N) is 2. The van der Waals surface area contributed by atoms with Crippen LogP contribution >= 0.6 is 0 Å². The number of nitrogens with one attached hydrogen (secondary N) is 2. The van der Waals surface area contributed by atoms with Crippen LogP contribution in [-0.2, 0) is 14.4 Å². The highest BCUT2D eigenvalue weighted by atomic mass is 16.4. The molecule has 146 valence electrons. The number of aliphatic imine (C=N–C) groups is 1. The summed E-state index contributed by atoms with van der Waals surface area (Å²) in [6.45, 7) is 1.62. The van der Waals surface area contributed by atoms with Gasteiger partial charge in [-0.15, -0.1) is 0 Å². The second kappa shape index (κ2) is 9.37. The fourth-order valence-corrected chi connectivity index (χ4v) is 3.43. The third-order valence-electron chi connectivity index (χ3n) is 4.76. The topological polar surface area (TPSA) is 163 Å². The Kier molecular flexibility index (Phi) is 7.19. The van der Waals surface area contributed by atoms with Gasteiger partial charge in [0.15, 0.2) is 5.96 Å². The lowest BCUT2D eigenvalue weighted by Gasteiger charge is -2.27. The number of aliphatic carboxylic acids is 1. The molecule has 2 saturated heterocycles. The van der Waals surface area contributed by atoms with Gasteiger partial charge in [0.25, 0.3) is 0 Å². The van der Waals surface area contributed by atoms with Crippen molar-refractivity contribution in [2.75, 3.05) is 19.6 Å². The van der Waals surface area contributed by atoms with Crippen LogP contribution in [0.25, 0.3) is 0 Å². The van der Waals surface area contributed by atoms with Gasteiger partial charge in [0.05, 0.1) is 6.04 Å². The van der Waals surface area contributed by atoms with E-state index in [1.807, 2.05) is 0 Å². The van der Waals surface area contributed by atoms with Gasteiger partial charge in [0, 0.05) is 13.1 Å². The van der Waals surface area contributed by atoms with E-state index < -0.39 is 24.0 Å². The van der Waals surface area contributed by atoms with Crippen molar-refractivity contribution in [3.63, 3.8) is 0 Å². The molecule has 2 heterocycles. The Morgan fingerprint density at radius 3 is 2.65 bits per heavy atom. The summed E-state index contributed by atoms with van der Waals surface area (Å²) < 4.78 is 0. The molecular weight excluding hydrogens is 340 g/mol. The summed E-state index contributed by atoms with van der Waals surface area (Å²) in [4.78, 5) is 42.0.